The molecule has 0 aromatic rings. The lowest BCUT2D eigenvalue weighted by Gasteiger charge is -2.43. The summed E-state index contributed by atoms with van der Waals surface area (Å²) in [6.07, 6.45) is 4.82. The maximum atomic E-state index is 15.1. The van der Waals surface area contributed by atoms with Crippen LogP contribution in [0.5, 0.6) is 0 Å². The Kier molecular flexibility index (Phi) is 4.82. The summed E-state index contributed by atoms with van der Waals surface area (Å²) in [6, 6.07) is 0. The average molecular weight is 297 g/mol. The van der Waals surface area contributed by atoms with E-state index in [1.54, 1.807) is 0 Å². The van der Waals surface area contributed by atoms with Crippen LogP contribution in [0.3, 0.4) is 0 Å². The summed E-state index contributed by atoms with van der Waals surface area (Å²) in [5.74, 6) is 2.96. The summed E-state index contributed by atoms with van der Waals surface area (Å²) in [6.45, 7) is 16.5. The van der Waals surface area contributed by atoms with E-state index < -0.39 is 6.17 Å². The summed E-state index contributed by atoms with van der Waals surface area (Å²) < 4.78 is 15.1. The highest BCUT2D eigenvalue weighted by Gasteiger charge is 2.65. The largest absolute Gasteiger partial charge is 0.247 e. The van der Waals surface area contributed by atoms with Crippen LogP contribution >= 0.6 is 0 Å². The fraction of sp³-hybridized carbons (Fsp3) is 1.00. The van der Waals surface area contributed by atoms with E-state index in [0.29, 0.717) is 35.0 Å². The zero-order valence-electron chi connectivity index (χ0n) is 15.4. The molecule has 3 unspecified atom stereocenters. The molecular formula is C20H37F. The van der Waals surface area contributed by atoms with Crippen molar-refractivity contribution < 1.29 is 4.39 Å². The Morgan fingerprint density at radius 1 is 1.05 bits per heavy atom. The van der Waals surface area contributed by atoms with E-state index in [2.05, 4.69) is 48.5 Å². The van der Waals surface area contributed by atoms with E-state index in [4.69, 9.17) is 0 Å². The minimum absolute atomic E-state index is 0.272. The molecule has 0 nitrogen and oxygen atoms in total. The second-order valence-corrected chi connectivity index (χ2v) is 8.88. The molecule has 2 rings (SSSR count). The predicted molar refractivity (Wildman–Crippen MR) is 90.0 cm³/mol. The highest BCUT2D eigenvalue weighted by molar-refractivity contribution is 5.13. The molecule has 21 heavy (non-hydrogen) atoms. The lowest BCUT2D eigenvalue weighted by molar-refractivity contribution is 0.0284. The van der Waals surface area contributed by atoms with E-state index in [1.807, 2.05) is 0 Å². The van der Waals surface area contributed by atoms with Crippen molar-refractivity contribution in [1.29, 1.82) is 0 Å². The molecule has 2 fully saturated rings. The molecule has 0 aromatic heterocycles. The molecule has 0 bridgehead atoms. The lowest BCUT2D eigenvalue weighted by Crippen LogP contribution is -2.38. The van der Waals surface area contributed by atoms with Gasteiger partial charge in [0.05, 0.1) is 0 Å². The topological polar surface area (TPSA) is 0 Å². The van der Waals surface area contributed by atoms with Gasteiger partial charge in [-0.3, -0.25) is 0 Å². The molecule has 6 atom stereocenters. The number of hydrogen-bond donors (Lipinski definition) is 0. The third kappa shape index (κ3) is 2.57. The molecule has 0 aliphatic heterocycles. The molecular weight excluding hydrogens is 259 g/mol. The van der Waals surface area contributed by atoms with Crippen molar-refractivity contribution in [3.63, 3.8) is 0 Å². The van der Waals surface area contributed by atoms with E-state index >= 15 is 4.39 Å². The standard InChI is InChI=1S/C20H37F/c1-8-19(7)12-11-17(18(21)10-9-14(19)4)20(13(2)3)15(5)16(20)6/h13-18H,8-12H2,1-7H3/t14-,15?,16?,17-,18+,19?,20?/m0/s1. The first-order valence-corrected chi connectivity index (χ1v) is 9.35. The van der Waals surface area contributed by atoms with E-state index in [9.17, 15) is 0 Å². The summed E-state index contributed by atoms with van der Waals surface area (Å²) in [5.41, 5.74) is 0.687. The monoisotopic (exact) mass is 296 g/mol. The molecule has 0 radical (unpaired) electrons. The predicted octanol–water partition coefficient (Wildman–Crippen LogP) is 6.50. The highest BCUT2D eigenvalue weighted by Crippen LogP contribution is 2.69. The molecule has 0 spiro atoms. The Morgan fingerprint density at radius 2 is 1.62 bits per heavy atom. The van der Waals surface area contributed by atoms with Gasteiger partial charge in [0.2, 0.25) is 0 Å². The highest BCUT2D eigenvalue weighted by atomic mass is 19.1. The zero-order valence-corrected chi connectivity index (χ0v) is 15.4. The fourth-order valence-electron chi connectivity index (χ4n) is 5.96. The molecule has 0 aromatic carbocycles. The van der Waals surface area contributed by atoms with E-state index in [1.165, 1.54) is 12.8 Å². The summed E-state index contributed by atoms with van der Waals surface area (Å²) in [7, 11) is 0. The van der Waals surface area contributed by atoms with Crippen molar-refractivity contribution in [2.24, 2.45) is 40.4 Å². The number of halogens is 1. The van der Waals surface area contributed by atoms with Gasteiger partial charge in [0.25, 0.3) is 0 Å². The van der Waals surface area contributed by atoms with Crippen LogP contribution in [-0.2, 0) is 0 Å². The second-order valence-electron chi connectivity index (χ2n) is 8.88. The van der Waals surface area contributed by atoms with Crippen LogP contribution in [-0.4, -0.2) is 6.17 Å². The van der Waals surface area contributed by atoms with Crippen LogP contribution in [0, 0.1) is 40.4 Å². The van der Waals surface area contributed by atoms with Crippen molar-refractivity contribution in [2.45, 2.75) is 86.7 Å². The van der Waals surface area contributed by atoms with Gasteiger partial charge >= 0.3 is 0 Å². The first kappa shape index (κ1) is 17.3. The van der Waals surface area contributed by atoms with Gasteiger partial charge in [-0.15, -0.1) is 0 Å². The van der Waals surface area contributed by atoms with Crippen LogP contribution in [0.1, 0.15) is 80.6 Å². The number of alkyl halides is 1. The molecule has 2 aliphatic carbocycles. The van der Waals surface area contributed by atoms with E-state index in [-0.39, 0.29) is 5.41 Å². The molecule has 124 valence electrons. The SMILES string of the molecule is CCC1(C)CC[C@H](C2(C(C)C)C(C)C2C)[C@H](F)CC[C@@H]1C. The van der Waals surface area contributed by atoms with Gasteiger partial charge in [0.15, 0.2) is 0 Å². The van der Waals surface area contributed by atoms with Crippen molar-refractivity contribution in [3.05, 3.63) is 0 Å². The molecule has 2 aliphatic rings. The normalized spacial score (nSPS) is 51.6. The van der Waals surface area contributed by atoms with Crippen molar-refractivity contribution >= 4 is 0 Å². The van der Waals surface area contributed by atoms with Gasteiger partial charge in [-0.1, -0.05) is 54.9 Å². The van der Waals surface area contributed by atoms with Crippen LogP contribution < -0.4 is 0 Å². The maximum absolute atomic E-state index is 15.1. The van der Waals surface area contributed by atoms with Crippen LogP contribution in [0.15, 0.2) is 0 Å². The minimum Gasteiger partial charge on any atom is -0.247 e. The van der Waals surface area contributed by atoms with Gasteiger partial charge in [0.1, 0.15) is 6.17 Å². The molecule has 0 amide bonds. The second kappa shape index (κ2) is 5.85. The molecule has 2 saturated carbocycles. The Balaban J connectivity index is 2.23. The lowest BCUT2D eigenvalue weighted by atomic mass is 9.63. The quantitative estimate of drug-likeness (QED) is 0.558. The number of hydrogen-bond acceptors (Lipinski definition) is 0. The Morgan fingerprint density at radius 3 is 2.05 bits per heavy atom. The van der Waals surface area contributed by atoms with Crippen molar-refractivity contribution in [2.75, 3.05) is 0 Å². The minimum atomic E-state index is -0.580. The molecule has 0 N–H and O–H groups in total. The smallest absolute Gasteiger partial charge is 0.103 e. The van der Waals surface area contributed by atoms with Gasteiger partial charge in [0, 0.05) is 0 Å². The van der Waals surface area contributed by atoms with Gasteiger partial charge in [-0.2, -0.15) is 0 Å². The first-order valence-electron chi connectivity index (χ1n) is 9.35. The van der Waals surface area contributed by atoms with Crippen LogP contribution in [0.4, 0.5) is 4.39 Å². The van der Waals surface area contributed by atoms with Crippen molar-refractivity contribution in [3.8, 4) is 0 Å². The van der Waals surface area contributed by atoms with Gasteiger partial charge in [-0.25, -0.2) is 4.39 Å². The molecule has 0 saturated heterocycles. The number of rotatable bonds is 3. The first-order chi connectivity index (χ1) is 9.71. The average Bonchev–Trinajstić information content (AvgIpc) is 2.98. The van der Waals surface area contributed by atoms with E-state index in [0.717, 1.165) is 19.3 Å². The summed E-state index contributed by atoms with van der Waals surface area (Å²) >= 11 is 0. The fourth-order valence-corrected chi connectivity index (χ4v) is 5.96. The van der Waals surface area contributed by atoms with Crippen LogP contribution in [0.25, 0.3) is 0 Å². The Labute approximate surface area is 132 Å². The Hall–Kier alpha value is -0.0700. The van der Waals surface area contributed by atoms with Crippen molar-refractivity contribution in [1.82, 2.24) is 0 Å². The van der Waals surface area contributed by atoms with Gasteiger partial charge < -0.3 is 0 Å². The molecule has 0 heterocycles. The maximum Gasteiger partial charge on any atom is 0.103 e. The third-order valence-corrected chi connectivity index (χ3v) is 8.20. The zero-order chi connectivity index (χ0) is 16.0. The van der Waals surface area contributed by atoms with Gasteiger partial charge in [-0.05, 0) is 66.1 Å². The summed E-state index contributed by atoms with van der Waals surface area (Å²) in [4.78, 5) is 0. The molecule has 1 heteroatoms. The third-order valence-electron chi connectivity index (χ3n) is 8.20. The summed E-state index contributed by atoms with van der Waals surface area (Å²) in [5, 5.41) is 0. The van der Waals surface area contributed by atoms with Crippen LogP contribution in [0.2, 0.25) is 0 Å². The Bertz CT molecular complexity index is 343.